The van der Waals surface area contributed by atoms with Gasteiger partial charge < -0.3 is 19.6 Å². The molecule has 8 nitrogen and oxygen atoms in total. The molecule has 0 spiro atoms. The van der Waals surface area contributed by atoms with E-state index in [1.54, 1.807) is 4.52 Å². The molecule has 1 fully saturated rings. The van der Waals surface area contributed by atoms with Crippen molar-refractivity contribution in [2.45, 2.75) is 39.4 Å². The predicted octanol–water partition coefficient (Wildman–Crippen LogP) is 3.40. The Labute approximate surface area is 188 Å². The van der Waals surface area contributed by atoms with E-state index in [1.807, 2.05) is 64.1 Å². The summed E-state index contributed by atoms with van der Waals surface area (Å²) in [6.45, 7) is 10.7. The van der Waals surface area contributed by atoms with E-state index in [0.29, 0.717) is 16.9 Å². The smallest absolute Gasteiger partial charge is 0.337 e. The van der Waals surface area contributed by atoms with Crippen molar-refractivity contribution in [2.75, 3.05) is 38.1 Å². The van der Waals surface area contributed by atoms with Gasteiger partial charge in [-0.25, -0.2) is 9.78 Å². The van der Waals surface area contributed by atoms with Crippen LogP contribution in [-0.4, -0.2) is 69.4 Å². The van der Waals surface area contributed by atoms with Gasteiger partial charge in [-0.05, 0) is 34.7 Å². The molecule has 2 aromatic heterocycles. The number of carboxylic acids is 1. The summed E-state index contributed by atoms with van der Waals surface area (Å²) in [5.41, 5.74) is 3.05. The molecule has 32 heavy (non-hydrogen) atoms. The molecule has 1 aliphatic heterocycles. The highest BCUT2D eigenvalue weighted by Gasteiger charge is 2.35. The van der Waals surface area contributed by atoms with Crippen LogP contribution in [-0.2, 0) is 9.53 Å². The Morgan fingerprint density at radius 1 is 1.12 bits per heavy atom. The summed E-state index contributed by atoms with van der Waals surface area (Å²) >= 11 is 0. The minimum Gasteiger partial charge on any atom is -0.479 e. The summed E-state index contributed by atoms with van der Waals surface area (Å²) in [4.78, 5) is 21.6. The van der Waals surface area contributed by atoms with Crippen molar-refractivity contribution in [1.82, 2.24) is 19.5 Å². The van der Waals surface area contributed by atoms with Crippen molar-refractivity contribution in [1.29, 1.82) is 0 Å². The number of rotatable bonds is 5. The quantitative estimate of drug-likeness (QED) is 0.655. The molecule has 0 amide bonds. The monoisotopic (exact) mass is 437 g/mol. The third-order valence-corrected chi connectivity index (χ3v) is 5.63. The van der Waals surface area contributed by atoms with E-state index in [9.17, 15) is 9.90 Å². The third kappa shape index (κ3) is 4.47. The zero-order valence-corrected chi connectivity index (χ0v) is 19.4. The average molecular weight is 438 g/mol. The second kappa shape index (κ2) is 8.52. The highest BCUT2D eigenvalue weighted by molar-refractivity contribution is 5.79. The number of carboxylic acid groups (broad SMARTS) is 1. The molecular formula is C24H31N5O3. The molecular weight excluding hydrogens is 406 g/mol. The van der Waals surface area contributed by atoms with E-state index in [2.05, 4.69) is 16.8 Å². The summed E-state index contributed by atoms with van der Waals surface area (Å²) in [6.07, 6.45) is -1.15. The highest BCUT2D eigenvalue weighted by Crippen LogP contribution is 2.36. The van der Waals surface area contributed by atoms with Gasteiger partial charge in [-0.1, -0.05) is 30.3 Å². The van der Waals surface area contributed by atoms with Gasteiger partial charge in [-0.3, -0.25) is 0 Å². The van der Waals surface area contributed by atoms with E-state index in [4.69, 9.17) is 14.8 Å². The fraction of sp³-hybridized carbons (Fsp3) is 0.458. The van der Waals surface area contributed by atoms with Gasteiger partial charge >= 0.3 is 5.97 Å². The van der Waals surface area contributed by atoms with Gasteiger partial charge in [0.15, 0.2) is 11.8 Å². The molecule has 0 radical (unpaired) electrons. The maximum absolute atomic E-state index is 12.4. The van der Waals surface area contributed by atoms with Crippen molar-refractivity contribution in [3.05, 3.63) is 47.7 Å². The van der Waals surface area contributed by atoms with Crippen molar-refractivity contribution >= 4 is 17.4 Å². The molecule has 0 aliphatic carbocycles. The SMILES string of the molecule is Cc1nc2cc(-c3ccccc3)nn2c(N2CCN(C)CC2)c1C(OC(C)(C)C)C(=O)O. The lowest BCUT2D eigenvalue weighted by Crippen LogP contribution is -2.46. The molecule has 8 heteroatoms. The Hall–Kier alpha value is -2.97. The number of likely N-dealkylation sites (N-methyl/N-ethyl adjacent to an activating group) is 1. The standard InChI is InChI=1S/C24H31N5O3/c1-16-20(21(23(30)31)32-24(2,3)4)22(28-13-11-27(5)12-14-28)29-19(25-16)15-18(26-29)17-9-7-6-8-10-17/h6-10,15,21H,11-14H2,1-5H3,(H,30,31). The Kier molecular flexibility index (Phi) is 5.92. The van der Waals surface area contributed by atoms with Crippen LogP contribution in [0.2, 0.25) is 0 Å². The minimum absolute atomic E-state index is 0.562. The molecule has 1 atom stereocenters. The first-order valence-electron chi connectivity index (χ1n) is 10.9. The third-order valence-electron chi connectivity index (χ3n) is 5.63. The number of piperazine rings is 1. The van der Waals surface area contributed by atoms with Crippen LogP contribution in [0.15, 0.2) is 36.4 Å². The topological polar surface area (TPSA) is 83.2 Å². The lowest BCUT2D eigenvalue weighted by atomic mass is 10.1. The Bertz CT molecular complexity index is 1110. The molecule has 1 saturated heterocycles. The number of anilines is 1. The molecule has 4 rings (SSSR count). The first kappa shape index (κ1) is 22.2. The van der Waals surface area contributed by atoms with Crippen LogP contribution in [0, 0.1) is 6.92 Å². The first-order chi connectivity index (χ1) is 15.1. The molecule has 0 saturated carbocycles. The van der Waals surface area contributed by atoms with Crippen LogP contribution in [0.1, 0.15) is 38.1 Å². The summed E-state index contributed by atoms with van der Waals surface area (Å²) in [7, 11) is 2.09. The van der Waals surface area contributed by atoms with Crippen LogP contribution in [0.5, 0.6) is 0 Å². The number of aromatic nitrogens is 3. The number of carbonyl (C=O) groups is 1. The van der Waals surface area contributed by atoms with Crippen LogP contribution < -0.4 is 4.90 Å². The van der Waals surface area contributed by atoms with Crippen LogP contribution in [0.4, 0.5) is 5.82 Å². The number of benzene rings is 1. The summed E-state index contributed by atoms with van der Waals surface area (Å²) in [5.74, 6) is -0.283. The lowest BCUT2D eigenvalue weighted by Gasteiger charge is -2.36. The second-order valence-electron chi connectivity index (χ2n) is 9.34. The average Bonchev–Trinajstić information content (AvgIpc) is 3.15. The minimum atomic E-state index is -1.15. The van der Waals surface area contributed by atoms with Gasteiger partial charge in [0.1, 0.15) is 5.82 Å². The number of aliphatic carboxylic acids is 1. The van der Waals surface area contributed by atoms with E-state index in [1.165, 1.54) is 0 Å². The van der Waals surface area contributed by atoms with E-state index in [-0.39, 0.29) is 0 Å². The number of nitrogens with zero attached hydrogens (tertiary/aromatic N) is 5. The van der Waals surface area contributed by atoms with E-state index in [0.717, 1.165) is 43.3 Å². The van der Waals surface area contributed by atoms with Gasteiger partial charge in [-0.15, -0.1) is 0 Å². The number of hydrogen-bond donors (Lipinski definition) is 1. The predicted molar refractivity (Wildman–Crippen MR) is 124 cm³/mol. The zero-order valence-electron chi connectivity index (χ0n) is 19.4. The van der Waals surface area contributed by atoms with Gasteiger partial charge in [0.25, 0.3) is 0 Å². The van der Waals surface area contributed by atoms with Crippen LogP contribution in [0.25, 0.3) is 16.9 Å². The van der Waals surface area contributed by atoms with E-state index >= 15 is 0 Å². The number of fused-ring (bicyclic) bond motifs is 1. The summed E-state index contributed by atoms with van der Waals surface area (Å²) in [5, 5.41) is 15.0. The van der Waals surface area contributed by atoms with E-state index < -0.39 is 17.7 Å². The molecule has 170 valence electrons. The molecule has 1 N–H and O–H groups in total. The molecule has 1 aromatic carbocycles. The summed E-state index contributed by atoms with van der Waals surface area (Å²) in [6, 6.07) is 11.9. The van der Waals surface area contributed by atoms with Crippen LogP contribution >= 0.6 is 0 Å². The van der Waals surface area contributed by atoms with Crippen molar-refractivity contribution in [2.24, 2.45) is 0 Å². The fourth-order valence-electron chi connectivity index (χ4n) is 4.08. The van der Waals surface area contributed by atoms with Gasteiger partial charge in [0.05, 0.1) is 16.9 Å². The number of aryl methyl sites for hydroxylation is 1. The number of ether oxygens (including phenoxy) is 1. The van der Waals surface area contributed by atoms with Crippen molar-refractivity contribution in [3.63, 3.8) is 0 Å². The molecule has 1 aliphatic rings. The Morgan fingerprint density at radius 3 is 2.38 bits per heavy atom. The molecule has 3 heterocycles. The zero-order chi connectivity index (χ0) is 23.0. The van der Waals surface area contributed by atoms with Gasteiger partial charge in [0, 0.05) is 43.5 Å². The second-order valence-corrected chi connectivity index (χ2v) is 9.34. The van der Waals surface area contributed by atoms with Crippen LogP contribution in [0.3, 0.4) is 0 Å². The molecule has 1 unspecified atom stereocenters. The maximum Gasteiger partial charge on any atom is 0.337 e. The number of hydrogen-bond acceptors (Lipinski definition) is 6. The molecule has 3 aromatic rings. The van der Waals surface area contributed by atoms with Gasteiger partial charge in [-0.2, -0.15) is 9.61 Å². The first-order valence-corrected chi connectivity index (χ1v) is 10.9. The van der Waals surface area contributed by atoms with Crippen molar-refractivity contribution < 1.29 is 14.6 Å². The highest BCUT2D eigenvalue weighted by atomic mass is 16.5. The van der Waals surface area contributed by atoms with Gasteiger partial charge in [0.2, 0.25) is 0 Å². The molecule has 0 bridgehead atoms. The normalized spacial score (nSPS) is 16.5. The lowest BCUT2D eigenvalue weighted by molar-refractivity contribution is -0.160. The van der Waals surface area contributed by atoms with Crippen molar-refractivity contribution in [3.8, 4) is 11.3 Å². The Morgan fingerprint density at radius 2 is 1.78 bits per heavy atom. The Balaban J connectivity index is 1.94. The fourth-order valence-corrected chi connectivity index (χ4v) is 4.08. The largest absolute Gasteiger partial charge is 0.479 e. The maximum atomic E-state index is 12.4. The summed E-state index contributed by atoms with van der Waals surface area (Å²) < 4.78 is 7.83.